The lowest BCUT2D eigenvalue weighted by molar-refractivity contribution is -0.133. The summed E-state index contributed by atoms with van der Waals surface area (Å²) >= 11 is 0. The molecule has 1 aromatic carbocycles. The highest BCUT2D eigenvalue weighted by Gasteiger charge is 2.19. The molecule has 1 saturated heterocycles. The Kier molecular flexibility index (Phi) is 3.97. The Morgan fingerprint density at radius 3 is 2.62 bits per heavy atom. The first-order valence-electron chi connectivity index (χ1n) is 7.72. The van der Waals surface area contributed by atoms with Gasteiger partial charge in [0.2, 0.25) is 5.91 Å². The summed E-state index contributed by atoms with van der Waals surface area (Å²) in [4.78, 5) is 16.8. The molecule has 0 bridgehead atoms. The number of hydrogen-bond acceptors (Lipinski definition) is 2. The zero-order valence-electron chi connectivity index (χ0n) is 12.9. The van der Waals surface area contributed by atoms with Crippen LogP contribution < -0.4 is 0 Å². The SMILES string of the molecule is CCc1cccc2ccn(CC(=O)N3CCN(C)CC3)c12. The predicted octanol–water partition coefficient (Wildman–Crippen LogP) is 1.98. The Morgan fingerprint density at radius 1 is 1.14 bits per heavy atom. The van der Waals surface area contributed by atoms with Crippen molar-refractivity contribution in [3.8, 4) is 0 Å². The van der Waals surface area contributed by atoms with Crippen molar-refractivity contribution in [1.29, 1.82) is 0 Å². The molecule has 3 rings (SSSR count). The lowest BCUT2D eigenvalue weighted by Gasteiger charge is -2.32. The van der Waals surface area contributed by atoms with Crippen LogP contribution in [0.1, 0.15) is 12.5 Å². The maximum absolute atomic E-state index is 12.5. The van der Waals surface area contributed by atoms with Gasteiger partial charge in [-0.2, -0.15) is 0 Å². The third-order valence-electron chi connectivity index (χ3n) is 4.41. The van der Waals surface area contributed by atoms with E-state index in [4.69, 9.17) is 0 Å². The summed E-state index contributed by atoms with van der Waals surface area (Å²) in [6, 6.07) is 8.46. The number of piperazine rings is 1. The van der Waals surface area contributed by atoms with Crippen molar-refractivity contribution in [3.05, 3.63) is 36.0 Å². The average Bonchev–Trinajstić information content (AvgIpc) is 2.91. The molecule has 4 heteroatoms. The zero-order valence-corrected chi connectivity index (χ0v) is 12.9. The van der Waals surface area contributed by atoms with E-state index >= 15 is 0 Å². The average molecular weight is 285 g/mol. The third-order valence-corrected chi connectivity index (χ3v) is 4.41. The quantitative estimate of drug-likeness (QED) is 0.862. The number of amides is 1. The maximum Gasteiger partial charge on any atom is 0.242 e. The van der Waals surface area contributed by atoms with E-state index in [1.165, 1.54) is 16.5 Å². The van der Waals surface area contributed by atoms with Crippen LogP contribution in [0.2, 0.25) is 0 Å². The molecule has 112 valence electrons. The third kappa shape index (κ3) is 2.81. The second-order valence-corrected chi connectivity index (χ2v) is 5.84. The second kappa shape index (κ2) is 5.90. The van der Waals surface area contributed by atoms with Crippen LogP contribution in [0.5, 0.6) is 0 Å². The van der Waals surface area contributed by atoms with Crippen LogP contribution in [0.25, 0.3) is 10.9 Å². The van der Waals surface area contributed by atoms with E-state index < -0.39 is 0 Å². The number of likely N-dealkylation sites (N-methyl/N-ethyl adjacent to an activating group) is 1. The van der Waals surface area contributed by atoms with E-state index in [9.17, 15) is 4.79 Å². The van der Waals surface area contributed by atoms with Gasteiger partial charge in [0.05, 0.1) is 5.52 Å². The molecular formula is C17H23N3O. The molecular weight excluding hydrogens is 262 g/mol. The Labute approximate surface area is 125 Å². The van der Waals surface area contributed by atoms with Crippen LogP contribution >= 0.6 is 0 Å². The number of rotatable bonds is 3. The van der Waals surface area contributed by atoms with Gasteiger partial charge >= 0.3 is 0 Å². The molecule has 2 aromatic rings. The van der Waals surface area contributed by atoms with Crippen molar-refractivity contribution in [2.45, 2.75) is 19.9 Å². The minimum Gasteiger partial charge on any atom is -0.339 e. The highest BCUT2D eigenvalue weighted by molar-refractivity contribution is 5.85. The summed E-state index contributed by atoms with van der Waals surface area (Å²) in [7, 11) is 2.11. The van der Waals surface area contributed by atoms with Crippen molar-refractivity contribution < 1.29 is 4.79 Å². The highest BCUT2D eigenvalue weighted by atomic mass is 16.2. The maximum atomic E-state index is 12.5. The number of fused-ring (bicyclic) bond motifs is 1. The summed E-state index contributed by atoms with van der Waals surface area (Å²) in [6.45, 7) is 6.24. The van der Waals surface area contributed by atoms with Crippen molar-refractivity contribution in [3.63, 3.8) is 0 Å². The van der Waals surface area contributed by atoms with Crippen LogP contribution in [0.3, 0.4) is 0 Å². The van der Waals surface area contributed by atoms with Crippen LogP contribution in [0, 0.1) is 0 Å². The number of nitrogens with zero attached hydrogens (tertiary/aromatic N) is 3. The number of aryl methyl sites for hydroxylation is 1. The molecule has 4 nitrogen and oxygen atoms in total. The van der Waals surface area contributed by atoms with Crippen molar-refractivity contribution in [2.24, 2.45) is 0 Å². The Morgan fingerprint density at radius 2 is 1.90 bits per heavy atom. The van der Waals surface area contributed by atoms with Crippen LogP contribution in [-0.4, -0.2) is 53.5 Å². The molecule has 0 spiro atoms. The number of aromatic nitrogens is 1. The Bertz CT molecular complexity index is 639. The topological polar surface area (TPSA) is 28.5 Å². The first-order valence-corrected chi connectivity index (χ1v) is 7.72. The minimum absolute atomic E-state index is 0.228. The van der Waals surface area contributed by atoms with Gasteiger partial charge in [0.25, 0.3) is 0 Å². The van der Waals surface area contributed by atoms with E-state index in [2.05, 4.69) is 47.7 Å². The molecule has 1 aliphatic rings. The van der Waals surface area contributed by atoms with Crippen molar-refractivity contribution >= 4 is 16.8 Å². The second-order valence-electron chi connectivity index (χ2n) is 5.84. The fourth-order valence-electron chi connectivity index (χ4n) is 3.06. The summed E-state index contributed by atoms with van der Waals surface area (Å²) in [5.41, 5.74) is 2.52. The molecule has 21 heavy (non-hydrogen) atoms. The smallest absolute Gasteiger partial charge is 0.242 e. The van der Waals surface area contributed by atoms with Crippen molar-refractivity contribution in [2.75, 3.05) is 33.2 Å². The van der Waals surface area contributed by atoms with Gasteiger partial charge < -0.3 is 14.4 Å². The van der Waals surface area contributed by atoms with Gasteiger partial charge in [0.15, 0.2) is 0 Å². The molecule has 0 saturated carbocycles. The normalized spacial score (nSPS) is 16.6. The van der Waals surface area contributed by atoms with Gasteiger partial charge in [-0.25, -0.2) is 0 Å². The number of benzene rings is 1. The van der Waals surface area contributed by atoms with Gasteiger partial charge in [-0.15, -0.1) is 0 Å². The molecule has 2 heterocycles. The van der Waals surface area contributed by atoms with E-state index in [1.807, 2.05) is 11.1 Å². The number of hydrogen-bond donors (Lipinski definition) is 0. The zero-order chi connectivity index (χ0) is 14.8. The fourth-order valence-corrected chi connectivity index (χ4v) is 3.06. The fraction of sp³-hybridized carbons (Fsp3) is 0.471. The Balaban J connectivity index is 1.80. The lowest BCUT2D eigenvalue weighted by atomic mass is 10.1. The van der Waals surface area contributed by atoms with Gasteiger partial charge in [-0.3, -0.25) is 4.79 Å². The molecule has 1 aromatic heterocycles. The first kappa shape index (κ1) is 14.1. The largest absolute Gasteiger partial charge is 0.339 e. The molecule has 0 N–H and O–H groups in total. The van der Waals surface area contributed by atoms with Crippen molar-refractivity contribution in [1.82, 2.24) is 14.4 Å². The Hall–Kier alpha value is -1.81. The molecule has 0 unspecified atom stereocenters. The van der Waals surface area contributed by atoms with Crippen LogP contribution in [-0.2, 0) is 17.8 Å². The molecule has 0 aliphatic carbocycles. The lowest BCUT2D eigenvalue weighted by Crippen LogP contribution is -2.48. The van der Waals surface area contributed by atoms with Gasteiger partial charge in [-0.1, -0.05) is 25.1 Å². The minimum atomic E-state index is 0.228. The van der Waals surface area contributed by atoms with E-state index in [1.54, 1.807) is 0 Å². The summed E-state index contributed by atoms with van der Waals surface area (Å²) in [5.74, 6) is 0.228. The van der Waals surface area contributed by atoms with Gasteiger partial charge in [0, 0.05) is 32.4 Å². The highest BCUT2D eigenvalue weighted by Crippen LogP contribution is 2.21. The number of carbonyl (C=O) groups is 1. The molecule has 0 atom stereocenters. The monoisotopic (exact) mass is 285 g/mol. The van der Waals surface area contributed by atoms with E-state index in [0.717, 1.165) is 32.6 Å². The standard InChI is InChI=1S/C17H23N3O/c1-3-14-5-4-6-15-7-8-20(17(14)15)13-16(21)19-11-9-18(2)10-12-19/h4-8H,3,9-13H2,1-2H3. The molecule has 1 aliphatic heterocycles. The molecule has 1 fully saturated rings. The first-order chi connectivity index (χ1) is 10.2. The van der Waals surface area contributed by atoms with Crippen LogP contribution in [0.15, 0.2) is 30.5 Å². The number of carbonyl (C=O) groups excluding carboxylic acids is 1. The number of para-hydroxylation sites is 1. The summed E-state index contributed by atoms with van der Waals surface area (Å²) in [5, 5.41) is 1.22. The van der Waals surface area contributed by atoms with Gasteiger partial charge in [0.1, 0.15) is 6.54 Å². The summed E-state index contributed by atoms with van der Waals surface area (Å²) < 4.78 is 2.11. The summed E-state index contributed by atoms with van der Waals surface area (Å²) in [6.07, 6.45) is 3.03. The molecule has 0 radical (unpaired) electrons. The van der Waals surface area contributed by atoms with Crippen LogP contribution in [0.4, 0.5) is 0 Å². The van der Waals surface area contributed by atoms with E-state index in [-0.39, 0.29) is 5.91 Å². The van der Waals surface area contributed by atoms with E-state index in [0.29, 0.717) is 6.54 Å². The van der Waals surface area contributed by atoms with Gasteiger partial charge in [-0.05, 0) is 30.5 Å². The molecule has 1 amide bonds. The predicted molar refractivity (Wildman–Crippen MR) is 85.4 cm³/mol.